The van der Waals surface area contributed by atoms with E-state index in [4.69, 9.17) is 4.74 Å². The molecule has 7 nitrogen and oxygen atoms in total. The van der Waals surface area contributed by atoms with Gasteiger partial charge in [-0.3, -0.25) is 14.3 Å². The summed E-state index contributed by atoms with van der Waals surface area (Å²) in [5.74, 6) is -1.19. The highest BCUT2D eigenvalue weighted by molar-refractivity contribution is 6.03. The van der Waals surface area contributed by atoms with Crippen molar-refractivity contribution in [2.24, 2.45) is 7.05 Å². The summed E-state index contributed by atoms with van der Waals surface area (Å²) in [7, 11) is 3.13. The summed E-state index contributed by atoms with van der Waals surface area (Å²) in [6, 6.07) is 4.16. The predicted molar refractivity (Wildman–Crippen MR) is 114 cm³/mol. The lowest BCUT2D eigenvalue weighted by atomic mass is 10.1. The molecular weight excluding hydrogens is 406 g/mol. The highest BCUT2D eigenvalue weighted by Crippen LogP contribution is 2.23. The van der Waals surface area contributed by atoms with E-state index in [1.807, 2.05) is 0 Å². The number of hydrogen-bond donors (Lipinski definition) is 1. The molecule has 0 aliphatic heterocycles. The standard InChI is InChI=1S/C22H24F2N4O3/c1-5-18(17(24)10-13(2)31-4)26-20(29)8-9-28-19-11-14(23)6-7-15(19)21-16(22(28)30)12-25-27(21)3/h6-7,10-12H,5,8-9H2,1-4H3,(H,26,29)/b13-10+,18-17-. The minimum absolute atomic E-state index is 0.000998. The van der Waals surface area contributed by atoms with E-state index < -0.39 is 17.6 Å². The van der Waals surface area contributed by atoms with Crippen molar-refractivity contribution >= 4 is 27.7 Å². The van der Waals surface area contributed by atoms with Crippen LogP contribution < -0.4 is 10.9 Å². The van der Waals surface area contributed by atoms with Crippen molar-refractivity contribution in [3.63, 3.8) is 0 Å². The Hall–Kier alpha value is -3.49. The Bertz CT molecular complexity index is 1270. The van der Waals surface area contributed by atoms with Gasteiger partial charge in [0.1, 0.15) is 11.6 Å². The first kappa shape index (κ1) is 22.2. The molecule has 3 aromatic rings. The molecule has 0 saturated heterocycles. The van der Waals surface area contributed by atoms with Crippen LogP contribution in [0.1, 0.15) is 26.7 Å². The maximum Gasteiger partial charge on any atom is 0.262 e. The van der Waals surface area contributed by atoms with Crippen molar-refractivity contribution < 1.29 is 18.3 Å². The quantitative estimate of drug-likeness (QED) is 0.458. The molecular formula is C22H24F2N4O3. The number of nitrogens with zero attached hydrogens (tertiary/aromatic N) is 3. The Morgan fingerprint density at radius 3 is 2.74 bits per heavy atom. The molecule has 0 aliphatic rings. The first-order chi connectivity index (χ1) is 14.8. The molecule has 0 fully saturated rings. The van der Waals surface area contributed by atoms with Crippen LogP contribution in [0.3, 0.4) is 0 Å². The number of fused-ring (bicyclic) bond motifs is 3. The number of aryl methyl sites for hydroxylation is 2. The third-order valence-electron chi connectivity index (χ3n) is 5.07. The van der Waals surface area contributed by atoms with Crippen molar-refractivity contribution in [2.45, 2.75) is 33.2 Å². The number of allylic oxidation sites excluding steroid dienone is 4. The number of carbonyl (C=O) groups excluding carboxylic acids is 1. The lowest BCUT2D eigenvalue weighted by molar-refractivity contribution is -0.120. The molecule has 0 spiro atoms. The number of pyridine rings is 1. The van der Waals surface area contributed by atoms with Gasteiger partial charge < -0.3 is 14.6 Å². The highest BCUT2D eigenvalue weighted by atomic mass is 19.1. The first-order valence-electron chi connectivity index (χ1n) is 9.81. The van der Waals surface area contributed by atoms with Gasteiger partial charge in [-0.1, -0.05) is 6.92 Å². The fraction of sp³-hybridized carbons (Fsp3) is 0.318. The van der Waals surface area contributed by atoms with E-state index in [1.165, 1.54) is 36.1 Å². The van der Waals surface area contributed by atoms with E-state index in [9.17, 15) is 18.4 Å². The molecule has 0 bridgehead atoms. The zero-order chi connectivity index (χ0) is 22.7. The number of rotatable bonds is 7. The zero-order valence-electron chi connectivity index (χ0n) is 17.8. The molecule has 9 heteroatoms. The largest absolute Gasteiger partial charge is 0.501 e. The SMILES string of the molecule is CC/C(NC(=O)CCn1c(=O)c2cnn(C)c2c2ccc(F)cc21)=C(F)\C=C(/C)OC. The molecule has 0 radical (unpaired) electrons. The molecule has 3 rings (SSSR count). The molecule has 2 aromatic heterocycles. The van der Waals surface area contributed by atoms with Gasteiger partial charge in [0, 0.05) is 31.5 Å². The average Bonchev–Trinajstić information content (AvgIpc) is 3.13. The van der Waals surface area contributed by atoms with Crippen LogP contribution in [-0.4, -0.2) is 27.4 Å². The van der Waals surface area contributed by atoms with Crippen molar-refractivity contribution in [1.82, 2.24) is 19.7 Å². The Kier molecular flexibility index (Phi) is 6.53. The summed E-state index contributed by atoms with van der Waals surface area (Å²) in [5, 5.41) is 7.71. The number of hydrogen-bond acceptors (Lipinski definition) is 4. The molecule has 31 heavy (non-hydrogen) atoms. The van der Waals surface area contributed by atoms with Gasteiger partial charge in [-0.2, -0.15) is 5.10 Å². The van der Waals surface area contributed by atoms with E-state index in [1.54, 1.807) is 31.6 Å². The van der Waals surface area contributed by atoms with Gasteiger partial charge in [0.15, 0.2) is 0 Å². The number of halogens is 2. The smallest absolute Gasteiger partial charge is 0.262 e. The third-order valence-corrected chi connectivity index (χ3v) is 5.07. The summed E-state index contributed by atoms with van der Waals surface area (Å²) in [4.78, 5) is 25.4. The molecule has 164 valence electrons. The van der Waals surface area contributed by atoms with Crippen LogP contribution in [0.5, 0.6) is 0 Å². The number of nitrogens with one attached hydrogen (secondary N) is 1. The highest BCUT2D eigenvalue weighted by Gasteiger charge is 2.16. The number of methoxy groups -OCH3 is 1. The Labute approximate surface area is 177 Å². The second kappa shape index (κ2) is 9.11. The molecule has 0 aliphatic carbocycles. The normalized spacial score (nSPS) is 12.9. The minimum atomic E-state index is -0.600. The summed E-state index contributed by atoms with van der Waals surface area (Å²) < 4.78 is 36.1. The van der Waals surface area contributed by atoms with Gasteiger partial charge in [-0.25, -0.2) is 8.78 Å². The molecule has 0 atom stereocenters. The number of benzene rings is 1. The molecule has 1 amide bonds. The Morgan fingerprint density at radius 1 is 1.32 bits per heavy atom. The van der Waals surface area contributed by atoms with Crippen molar-refractivity contribution in [3.8, 4) is 0 Å². The lowest BCUT2D eigenvalue weighted by Gasteiger charge is -2.13. The van der Waals surface area contributed by atoms with Crippen LogP contribution in [0.4, 0.5) is 8.78 Å². The molecule has 0 saturated carbocycles. The average molecular weight is 430 g/mol. The molecule has 1 N–H and O–H groups in total. The van der Waals surface area contributed by atoms with Crippen molar-refractivity contribution in [3.05, 3.63) is 63.9 Å². The van der Waals surface area contributed by atoms with Crippen LogP contribution in [-0.2, 0) is 23.1 Å². The van der Waals surface area contributed by atoms with Gasteiger partial charge in [0.2, 0.25) is 5.91 Å². The molecule has 0 unspecified atom stereocenters. The van der Waals surface area contributed by atoms with E-state index in [2.05, 4.69) is 10.4 Å². The Balaban J connectivity index is 1.92. The van der Waals surface area contributed by atoms with Crippen LogP contribution in [0, 0.1) is 5.82 Å². The maximum atomic E-state index is 14.3. The van der Waals surface area contributed by atoms with E-state index in [0.29, 0.717) is 27.6 Å². The van der Waals surface area contributed by atoms with Crippen molar-refractivity contribution in [1.29, 1.82) is 0 Å². The Morgan fingerprint density at radius 2 is 2.06 bits per heavy atom. The summed E-state index contributed by atoms with van der Waals surface area (Å²) in [6.45, 7) is 3.31. The molecule has 2 heterocycles. The second-order valence-electron chi connectivity index (χ2n) is 7.09. The van der Waals surface area contributed by atoms with Crippen molar-refractivity contribution in [2.75, 3.05) is 7.11 Å². The van der Waals surface area contributed by atoms with Gasteiger partial charge >= 0.3 is 0 Å². The van der Waals surface area contributed by atoms with Crippen LogP contribution in [0.2, 0.25) is 0 Å². The van der Waals surface area contributed by atoms with E-state index in [-0.39, 0.29) is 30.6 Å². The van der Waals surface area contributed by atoms with E-state index in [0.717, 1.165) is 0 Å². The number of carbonyl (C=O) groups is 1. The topological polar surface area (TPSA) is 78.2 Å². The van der Waals surface area contributed by atoms with Gasteiger partial charge in [-0.15, -0.1) is 0 Å². The predicted octanol–water partition coefficient (Wildman–Crippen LogP) is 3.67. The fourth-order valence-electron chi connectivity index (χ4n) is 3.40. The summed E-state index contributed by atoms with van der Waals surface area (Å²) >= 11 is 0. The maximum absolute atomic E-state index is 14.3. The fourth-order valence-corrected chi connectivity index (χ4v) is 3.40. The third kappa shape index (κ3) is 4.50. The second-order valence-corrected chi connectivity index (χ2v) is 7.09. The number of ether oxygens (including phenoxy) is 1. The van der Waals surface area contributed by atoms with Crippen LogP contribution in [0.15, 0.2) is 52.5 Å². The van der Waals surface area contributed by atoms with E-state index >= 15 is 0 Å². The monoisotopic (exact) mass is 430 g/mol. The molecule has 1 aromatic carbocycles. The lowest BCUT2D eigenvalue weighted by Crippen LogP contribution is -2.27. The van der Waals surface area contributed by atoms with Crippen LogP contribution >= 0.6 is 0 Å². The first-order valence-corrected chi connectivity index (χ1v) is 9.81. The minimum Gasteiger partial charge on any atom is -0.501 e. The van der Waals surface area contributed by atoms with Crippen LogP contribution in [0.25, 0.3) is 21.8 Å². The van der Waals surface area contributed by atoms with Gasteiger partial charge in [0.05, 0.1) is 41.2 Å². The van der Waals surface area contributed by atoms with Gasteiger partial charge in [-0.05, 0) is 31.5 Å². The number of amides is 1. The number of aromatic nitrogens is 3. The zero-order valence-corrected chi connectivity index (χ0v) is 17.8. The summed E-state index contributed by atoms with van der Waals surface area (Å²) in [5.41, 5.74) is 0.710. The van der Waals surface area contributed by atoms with Gasteiger partial charge in [0.25, 0.3) is 5.56 Å². The summed E-state index contributed by atoms with van der Waals surface area (Å²) in [6.07, 6.45) is 2.81.